The van der Waals surface area contributed by atoms with E-state index in [4.69, 9.17) is 28.0 Å². The van der Waals surface area contributed by atoms with E-state index in [2.05, 4.69) is 90.4 Å². The monoisotopic (exact) mass is 2010 g/mol. The third-order valence-corrected chi connectivity index (χ3v) is 23.3. The molecule has 54 heteroatoms. The quantitative estimate of drug-likeness (QED) is 0.0252. The highest BCUT2D eigenvalue weighted by Crippen LogP contribution is 2.24. The summed E-state index contributed by atoms with van der Waals surface area (Å²) in [6.07, 6.45) is -7.60. The van der Waals surface area contributed by atoms with Gasteiger partial charge in [-0.3, -0.25) is 110 Å². The van der Waals surface area contributed by atoms with Gasteiger partial charge in [0.2, 0.25) is 106 Å². The van der Waals surface area contributed by atoms with Crippen LogP contribution in [0.25, 0.3) is 0 Å². The molecule has 0 aromatic heterocycles. The zero-order chi connectivity index (χ0) is 108. The molecule has 18 amide bonds. The van der Waals surface area contributed by atoms with Gasteiger partial charge in [0.15, 0.2) is 0 Å². The fourth-order valence-corrected chi connectivity index (χ4v) is 14.2. The Bertz CT molecular complexity index is 4280. The zero-order valence-corrected chi connectivity index (χ0v) is 81.7. The molecule has 0 saturated carbocycles. The van der Waals surface area contributed by atoms with Crippen molar-refractivity contribution in [2.24, 2.45) is 46.6 Å². The van der Waals surface area contributed by atoms with Crippen LogP contribution >= 0.6 is 0 Å². The van der Waals surface area contributed by atoms with Crippen LogP contribution in [0.15, 0.2) is 0 Å². The minimum atomic E-state index is -2.03. The molecule has 0 bridgehead atoms. The average Bonchev–Trinajstić information content (AvgIpc) is 1.69. The second-order valence-corrected chi connectivity index (χ2v) is 35.2. The first-order chi connectivity index (χ1) is 66.1. The standard InChI is InChI=1S/C87H148N22O32/c1-13-42(6)66(103-59(113)40-92-58(112)39-93-71(124)45(9)95-84(137)69(47(11)110)107-78(131)51(24-17-20-34-89)97-76(129)53(28-31-61(116)117)99-75(128)52(27-30-60(114)115)96-72(125)46(10)94-73(126)49(91)37-63(120)121)82(135)105-67(43(7)14-2)83(136)106-68(44(8)15-3)86(139)109-36-22-26-57(109)80(133)102-56(38-64(122)123)79(132)108-70(48(12)111)85(138)104-65(41(4)5)81(134)100-50(23-16-19-33-88)74(127)98-54(29-32-62(118)119)77(130)101-55(87(140)141)25-18-21-35-90/h41-57,65-70,110-111H,13-40,88-91H2,1-12H3,(H,92,112)(H,93,124)(H,94,126)(H,95,137)(H,96,125)(H,97,129)(H,98,127)(H,99,128)(H,100,134)(H,101,130)(H,102,133)(H,103,113)(H,104,138)(H,105,135)(H,106,136)(H,107,131)(H,108,132)(H,114,115)(H,116,117)(H,118,119)(H,120,121)(H,122,123)(H,140,141)/t42-,43-,44-,45-,46-,47+,48+,49-,50-,51-,52-,53-,54-,55-,56-,57-,65-,66-,67-,68-,69-,70-/m0/s1. The van der Waals surface area contributed by atoms with Crippen molar-refractivity contribution in [3.05, 3.63) is 0 Å². The van der Waals surface area contributed by atoms with Gasteiger partial charge in [0.25, 0.3) is 0 Å². The minimum absolute atomic E-state index is 0.0567. The molecule has 798 valence electrons. The van der Waals surface area contributed by atoms with Gasteiger partial charge in [-0.1, -0.05) is 74.7 Å². The van der Waals surface area contributed by atoms with Gasteiger partial charge < -0.3 is 159 Å². The topological polar surface area (TPSA) is 883 Å². The Morgan fingerprint density at radius 3 is 1.05 bits per heavy atom. The highest BCUT2D eigenvalue weighted by molar-refractivity contribution is 6.02. The van der Waals surface area contributed by atoms with Gasteiger partial charge in [0, 0.05) is 25.8 Å². The number of aliphatic hydroxyl groups excluding tert-OH is 2. The van der Waals surface area contributed by atoms with E-state index in [1.807, 2.05) is 0 Å². The Balaban J connectivity index is 3.39. The fourth-order valence-electron chi connectivity index (χ4n) is 14.2. The maximum absolute atomic E-state index is 14.9. The van der Waals surface area contributed by atoms with Crippen molar-refractivity contribution in [2.45, 2.75) is 339 Å². The van der Waals surface area contributed by atoms with Crippen LogP contribution in [0.2, 0.25) is 0 Å². The summed E-state index contributed by atoms with van der Waals surface area (Å²) in [5, 5.41) is 119. The first kappa shape index (κ1) is 126. The van der Waals surface area contributed by atoms with Gasteiger partial charge in [-0.25, -0.2) is 4.79 Å². The number of hydrogen-bond donors (Lipinski definition) is 29. The van der Waals surface area contributed by atoms with Gasteiger partial charge >= 0.3 is 35.8 Å². The SMILES string of the molecule is CC[C@H](C)[C@H](NC(=O)CNC(=O)CNC(=O)[C@H](C)NC(=O)[C@@H](NC(=O)[C@H](CCCCN)NC(=O)[C@H](CCC(=O)O)NC(=O)[C@H](CCC(=O)O)NC(=O)[C@H](C)NC(=O)[C@@H](N)CC(=O)O)[C@@H](C)O)C(=O)N[C@H](C(=O)N[C@H](C(=O)N1CCC[C@H]1C(=O)N[C@@H](CC(=O)O)C(=O)N[C@H](C(=O)N[C@H](C(=O)N[C@@H](CCCCN)C(=O)N[C@@H](CCC(=O)O)C(=O)N[C@@H](CCCCN)C(=O)O)C(C)C)[C@@H](C)O)[C@@H](C)CC)[C@@H](C)CC. The molecule has 0 unspecified atom stereocenters. The number of carbonyl (C=O) groups excluding carboxylic acids is 18. The summed E-state index contributed by atoms with van der Waals surface area (Å²) in [6, 6.07) is -27.7. The molecule has 1 heterocycles. The number of likely N-dealkylation sites (tertiary alicyclic amines) is 1. The summed E-state index contributed by atoms with van der Waals surface area (Å²) in [7, 11) is 0. The van der Waals surface area contributed by atoms with Crippen LogP contribution in [0, 0.1) is 23.7 Å². The smallest absolute Gasteiger partial charge is 0.326 e. The maximum Gasteiger partial charge on any atom is 0.326 e. The van der Waals surface area contributed by atoms with Gasteiger partial charge in [-0.2, -0.15) is 0 Å². The highest BCUT2D eigenvalue weighted by atomic mass is 16.4. The second-order valence-electron chi connectivity index (χ2n) is 35.2. The number of carboxylic acid groups (broad SMARTS) is 6. The van der Waals surface area contributed by atoms with E-state index in [-0.39, 0.29) is 96.8 Å². The predicted molar refractivity (Wildman–Crippen MR) is 497 cm³/mol. The van der Waals surface area contributed by atoms with Crippen LogP contribution < -0.4 is 113 Å². The number of aliphatic hydroxyl groups is 2. The molecule has 33 N–H and O–H groups in total. The first-order valence-electron chi connectivity index (χ1n) is 47.0. The number of nitrogens with two attached hydrogens (primary N) is 4. The molecule has 1 fully saturated rings. The Morgan fingerprint density at radius 2 is 0.645 bits per heavy atom. The summed E-state index contributed by atoms with van der Waals surface area (Å²) in [6.45, 7) is 15.9. The Morgan fingerprint density at radius 1 is 0.319 bits per heavy atom. The van der Waals surface area contributed by atoms with Crippen molar-refractivity contribution in [3.8, 4) is 0 Å². The Hall–Kier alpha value is -13.0. The number of nitrogens with one attached hydrogen (secondary N) is 17. The lowest BCUT2D eigenvalue weighted by Gasteiger charge is -2.34. The number of carbonyl (C=O) groups is 24. The van der Waals surface area contributed by atoms with Crippen LogP contribution in [0.3, 0.4) is 0 Å². The van der Waals surface area contributed by atoms with Crippen LogP contribution in [-0.2, 0) is 115 Å². The third kappa shape index (κ3) is 46.3. The number of nitrogens with zero attached hydrogens (tertiary/aromatic N) is 1. The van der Waals surface area contributed by atoms with Gasteiger partial charge in [0.1, 0.15) is 96.7 Å². The maximum atomic E-state index is 14.9. The molecule has 22 atom stereocenters. The summed E-state index contributed by atoms with van der Waals surface area (Å²) in [4.78, 5) is 322. The van der Waals surface area contributed by atoms with E-state index in [0.29, 0.717) is 19.3 Å². The van der Waals surface area contributed by atoms with Crippen molar-refractivity contribution < 1.29 is 156 Å². The van der Waals surface area contributed by atoms with E-state index in [9.17, 15) is 151 Å². The molecule has 0 spiro atoms. The molecule has 1 aliphatic heterocycles. The molecule has 0 aromatic carbocycles. The number of carboxylic acids is 6. The van der Waals surface area contributed by atoms with Gasteiger partial charge in [-0.15, -0.1) is 0 Å². The Kier molecular flexibility index (Phi) is 58.2. The molecular formula is C87H148N22O32. The van der Waals surface area contributed by atoms with Crippen LogP contribution in [-0.4, -0.2) is 342 Å². The predicted octanol–water partition coefficient (Wildman–Crippen LogP) is -8.58. The third-order valence-electron chi connectivity index (χ3n) is 23.3. The average molecular weight is 2010 g/mol. The summed E-state index contributed by atoms with van der Waals surface area (Å²) >= 11 is 0. The molecule has 0 radical (unpaired) electrons. The number of rotatable bonds is 70. The van der Waals surface area contributed by atoms with Crippen molar-refractivity contribution in [1.29, 1.82) is 0 Å². The van der Waals surface area contributed by atoms with E-state index in [1.165, 1.54) is 13.8 Å². The van der Waals surface area contributed by atoms with Crippen molar-refractivity contribution >= 4 is 142 Å². The molecular weight excluding hydrogens is 1870 g/mol. The van der Waals surface area contributed by atoms with Crippen molar-refractivity contribution in [3.63, 3.8) is 0 Å². The molecule has 1 rings (SSSR count). The lowest BCUT2D eigenvalue weighted by Crippen LogP contribution is -2.63. The minimum Gasteiger partial charge on any atom is -0.481 e. The van der Waals surface area contributed by atoms with E-state index < -0.39 is 345 Å². The Labute approximate surface area is 815 Å². The lowest BCUT2D eigenvalue weighted by molar-refractivity contribution is -0.145. The van der Waals surface area contributed by atoms with E-state index >= 15 is 0 Å². The van der Waals surface area contributed by atoms with E-state index in [1.54, 1.807) is 41.5 Å². The van der Waals surface area contributed by atoms with Crippen molar-refractivity contribution in [1.82, 2.24) is 95.3 Å². The lowest BCUT2D eigenvalue weighted by atomic mass is 9.93. The fraction of sp³-hybridized carbons (Fsp3) is 0.724. The van der Waals surface area contributed by atoms with Gasteiger partial charge in [0.05, 0.1) is 44.2 Å². The number of hydrogen-bond acceptors (Lipinski definition) is 30. The zero-order valence-electron chi connectivity index (χ0n) is 81.7. The van der Waals surface area contributed by atoms with Crippen molar-refractivity contribution in [2.75, 3.05) is 39.3 Å². The van der Waals surface area contributed by atoms with Crippen LogP contribution in [0.4, 0.5) is 0 Å². The number of amides is 18. The van der Waals surface area contributed by atoms with Crippen LogP contribution in [0.5, 0.6) is 0 Å². The molecule has 1 aliphatic rings. The summed E-state index contributed by atoms with van der Waals surface area (Å²) in [5.41, 5.74) is 22.5. The largest absolute Gasteiger partial charge is 0.481 e. The number of aliphatic carboxylic acids is 6. The molecule has 54 nitrogen and oxygen atoms in total. The highest BCUT2D eigenvalue weighted by Gasteiger charge is 2.45. The molecule has 0 aromatic rings. The second kappa shape index (κ2) is 65.1. The normalized spacial score (nSPS) is 16.7. The number of unbranched alkanes of at least 4 members (excludes halogenated alkanes) is 3. The van der Waals surface area contributed by atoms with E-state index in [0.717, 1.165) is 32.6 Å². The molecule has 141 heavy (non-hydrogen) atoms. The van der Waals surface area contributed by atoms with Gasteiger partial charge in [-0.05, 0) is 161 Å². The molecule has 0 aliphatic carbocycles. The summed E-state index contributed by atoms with van der Waals surface area (Å²) < 4.78 is 0. The van der Waals surface area contributed by atoms with Crippen LogP contribution in [0.1, 0.15) is 224 Å². The molecule has 1 saturated heterocycles. The summed E-state index contributed by atoms with van der Waals surface area (Å²) in [5.74, 6) is -30.9. The first-order valence-corrected chi connectivity index (χ1v) is 47.0.